The molecule has 0 radical (unpaired) electrons. The first kappa shape index (κ1) is 14.7. The van der Waals surface area contributed by atoms with Gasteiger partial charge >= 0.3 is 11.9 Å². The molecule has 7 heteroatoms. The molecule has 0 atom stereocenters. The van der Waals surface area contributed by atoms with Crippen LogP contribution in [0, 0.1) is 6.92 Å². The number of hydrogen-bond donors (Lipinski definition) is 1. The number of furan rings is 1. The molecule has 2 aromatic rings. The number of hydrogen-bond acceptors (Lipinski definition) is 6. The van der Waals surface area contributed by atoms with Crippen LogP contribution in [0.15, 0.2) is 26.8 Å². The second-order valence-electron chi connectivity index (χ2n) is 3.96. The Labute approximate surface area is 123 Å². The fourth-order valence-electron chi connectivity index (χ4n) is 1.58. The molecule has 2 heterocycles. The molecule has 0 saturated carbocycles. The van der Waals surface area contributed by atoms with Gasteiger partial charge in [0.05, 0.1) is 12.9 Å². The van der Waals surface area contributed by atoms with Crippen molar-refractivity contribution < 1.29 is 23.8 Å². The highest BCUT2D eigenvalue weighted by molar-refractivity contribution is 7.98. The zero-order valence-electron chi connectivity index (χ0n) is 10.8. The van der Waals surface area contributed by atoms with E-state index in [0.29, 0.717) is 16.4 Å². The van der Waals surface area contributed by atoms with E-state index >= 15 is 0 Å². The topological polar surface area (TPSA) is 76.7 Å². The summed E-state index contributed by atoms with van der Waals surface area (Å²) in [5.41, 5.74) is 0.726. The quantitative estimate of drug-likeness (QED) is 0.673. The maximum Gasteiger partial charge on any atom is 0.374 e. The van der Waals surface area contributed by atoms with Crippen molar-refractivity contribution in [1.82, 2.24) is 0 Å². The first-order valence-corrected chi connectivity index (χ1v) is 7.50. The van der Waals surface area contributed by atoms with Crippen LogP contribution in [-0.4, -0.2) is 24.2 Å². The van der Waals surface area contributed by atoms with Crippen LogP contribution >= 0.6 is 23.1 Å². The van der Waals surface area contributed by atoms with Crippen LogP contribution in [0.4, 0.5) is 0 Å². The number of thiophene rings is 1. The molecule has 0 bridgehead atoms. The lowest BCUT2D eigenvalue weighted by molar-refractivity contribution is 0.0561. The molecular formula is C13H12O5S2. The number of thioether (sulfide) groups is 1. The lowest BCUT2D eigenvalue weighted by Crippen LogP contribution is -2.00. The number of carboxylic acid groups (broad SMARTS) is 1. The summed E-state index contributed by atoms with van der Waals surface area (Å²) >= 11 is 2.64. The van der Waals surface area contributed by atoms with Gasteiger partial charge in [0.15, 0.2) is 0 Å². The zero-order chi connectivity index (χ0) is 14.7. The predicted molar refractivity (Wildman–Crippen MR) is 75.6 cm³/mol. The van der Waals surface area contributed by atoms with Crippen molar-refractivity contribution in [2.75, 3.05) is 7.11 Å². The van der Waals surface area contributed by atoms with Crippen LogP contribution in [0.25, 0.3) is 0 Å². The maximum atomic E-state index is 11.4. The van der Waals surface area contributed by atoms with Crippen molar-refractivity contribution in [1.29, 1.82) is 0 Å². The summed E-state index contributed by atoms with van der Waals surface area (Å²) in [5, 5.41) is 10.6. The molecule has 0 aliphatic carbocycles. The Morgan fingerprint density at radius 3 is 2.80 bits per heavy atom. The summed E-state index contributed by atoms with van der Waals surface area (Å²) in [4.78, 5) is 23.4. The van der Waals surface area contributed by atoms with Crippen molar-refractivity contribution in [3.8, 4) is 0 Å². The molecule has 0 fully saturated rings. The molecule has 0 aliphatic heterocycles. The van der Waals surface area contributed by atoms with E-state index in [9.17, 15) is 9.59 Å². The molecule has 0 amide bonds. The third-order valence-corrected chi connectivity index (χ3v) is 4.57. The van der Waals surface area contributed by atoms with Gasteiger partial charge in [0.1, 0.15) is 10.6 Å². The van der Waals surface area contributed by atoms with E-state index in [0.717, 1.165) is 10.5 Å². The molecule has 5 nitrogen and oxygen atoms in total. The smallest absolute Gasteiger partial charge is 0.374 e. The van der Waals surface area contributed by atoms with Gasteiger partial charge in [-0.15, -0.1) is 23.1 Å². The Morgan fingerprint density at radius 1 is 1.45 bits per heavy atom. The molecule has 20 heavy (non-hydrogen) atoms. The minimum Gasteiger partial charge on any atom is -0.477 e. The molecule has 2 aromatic heterocycles. The van der Waals surface area contributed by atoms with E-state index in [1.54, 1.807) is 24.4 Å². The number of carbonyl (C=O) groups is 2. The third kappa shape index (κ3) is 3.23. The highest BCUT2D eigenvalue weighted by Crippen LogP contribution is 2.29. The number of aromatic carboxylic acids is 1. The number of carbonyl (C=O) groups excluding carboxylic acids is 1. The van der Waals surface area contributed by atoms with Crippen LogP contribution in [0.2, 0.25) is 0 Å². The average molecular weight is 312 g/mol. The Bertz CT molecular complexity index is 641. The SMILES string of the molecule is COC(=O)c1oc(CSc2csc(C(=O)O)c2)cc1C. The largest absolute Gasteiger partial charge is 0.477 e. The van der Waals surface area contributed by atoms with Gasteiger partial charge < -0.3 is 14.3 Å². The van der Waals surface area contributed by atoms with Gasteiger partial charge in [0.2, 0.25) is 5.76 Å². The highest BCUT2D eigenvalue weighted by Gasteiger charge is 2.16. The fourth-order valence-corrected chi connectivity index (χ4v) is 3.33. The van der Waals surface area contributed by atoms with E-state index in [-0.39, 0.29) is 5.76 Å². The third-order valence-electron chi connectivity index (χ3n) is 2.51. The minimum atomic E-state index is -0.927. The molecule has 0 spiro atoms. The molecule has 0 unspecified atom stereocenters. The number of carboxylic acids is 1. The normalized spacial score (nSPS) is 10.5. The summed E-state index contributed by atoms with van der Waals surface area (Å²) in [5.74, 6) is -0.0464. The number of esters is 1. The van der Waals surface area contributed by atoms with Crippen molar-refractivity contribution in [3.05, 3.63) is 39.5 Å². The first-order chi connectivity index (χ1) is 9.51. The van der Waals surface area contributed by atoms with Crippen LogP contribution < -0.4 is 0 Å². The van der Waals surface area contributed by atoms with E-state index in [4.69, 9.17) is 9.52 Å². The van der Waals surface area contributed by atoms with Gasteiger partial charge in [-0.2, -0.15) is 0 Å². The lowest BCUT2D eigenvalue weighted by Gasteiger charge is -1.96. The molecule has 106 valence electrons. The van der Waals surface area contributed by atoms with E-state index < -0.39 is 11.9 Å². The van der Waals surface area contributed by atoms with Gasteiger partial charge in [0.25, 0.3) is 0 Å². The van der Waals surface area contributed by atoms with Crippen molar-refractivity contribution >= 4 is 35.0 Å². The molecule has 2 rings (SSSR count). The Balaban J connectivity index is 2.03. The first-order valence-electron chi connectivity index (χ1n) is 5.63. The Kier molecular flexibility index (Phi) is 4.51. The number of aryl methyl sites for hydroxylation is 1. The molecular weight excluding hydrogens is 300 g/mol. The van der Waals surface area contributed by atoms with Crippen molar-refractivity contribution in [2.24, 2.45) is 0 Å². The monoisotopic (exact) mass is 312 g/mol. The molecule has 0 saturated heterocycles. The van der Waals surface area contributed by atoms with E-state index in [1.807, 2.05) is 0 Å². The van der Waals surface area contributed by atoms with Gasteiger partial charge in [0, 0.05) is 15.8 Å². The summed E-state index contributed by atoms with van der Waals surface area (Å²) in [7, 11) is 1.30. The Morgan fingerprint density at radius 2 is 2.20 bits per heavy atom. The number of rotatable bonds is 5. The highest BCUT2D eigenvalue weighted by atomic mass is 32.2. The standard InChI is InChI=1S/C13H12O5S2/c1-7-3-8(18-11(7)13(16)17-2)5-19-9-4-10(12(14)15)20-6-9/h3-4,6H,5H2,1-2H3,(H,14,15). The Hall–Kier alpha value is -1.73. The van der Waals surface area contributed by atoms with Crippen LogP contribution in [-0.2, 0) is 10.5 Å². The van der Waals surface area contributed by atoms with Gasteiger partial charge in [-0.3, -0.25) is 0 Å². The lowest BCUT2D eigenvalue weighted by atomic mass is 10.3. The molecule has 0 aromatic carbocycles. The summed E-state index contributed by atoms with van der Waals surface area (Å²) in [6, 6.07) is 3.40. The van der Waals surface area contributed by atoms with Gasteiger partial charge in [-0.25, -0.2) is 9.59 Å². The second kappa shape index (κ2) is 6.15. The number of methoxy groups -OCH3 is 1. The second-order valence-corrected chi connectivity index (χ2v) is 5.92. The summed E-state index contributed by atoms with van der Waals surface area (Å²) < 4.78 is 10.1. The van der Waals surface area contributed by atoms with Crippen LogP contribution in [0.3, 0.4) is 0 Å². The molecule has 0 aliphatic rings. The van der Waals surface area contributed by atoms with E-state index in [1.165, 1.54) is 30.2 Å². The van der Waals surface area contributed by atoms with Gasteiger partial charge in [-0.1, -0.05) is 0 Å². The van der Waals surface area contributed by atoms with Crippen molar-refractivity contribution in [2.45, 2.75) is 17.6 Å². The fraction of sp³-hybridized carbons (Fsp3) is 0.231. The minimum absolute atomic E-state index is 0.208. The summed E-state index contributed by atoms with van der Waals surface area (Å²) in [6.45, 7) is 1.77. The van der Waals surface area contributed by atoms with Gasteiger partial charge in [-0.05, 0) is 19.1 Å². The molecule has 1 N–H and O–H groups in total. The van der Waals surface area contributed by atoms with E-state index in [2.05, 4.69) is 4.74 Å². The summed E-state index contributed by atoms with van der Waals surface area (Å²) in [6.07, 6.45) is 0. The zero-order valence-corrected chi connectivity index (χ0v) is 12.5. The average Bonchev–Trinajstić information content (AvgIpc) is 3.02. The predicted octanol–water partition coefficient (Wildman–Crippen LogP) is 3.43. The van der Waals surface area contributed by atoms with Crippen LogP contribution in [0.5, 0.6) is 0 Å². The van der Waals surface area contributed by atoms with Crippen molar-refractivity contribution in [3.63, 3.8) is 0 Å². The van der Waals surface area contributed by atoms with Crippen LogP contribution in [0.1, 0.15) is 31.6 Å². The number of ether oxygens (including phenoxy) is 1. The maximum absolute atomic E-state index is 11.4.